The predicted octanol–water partition coefficient (Wildman–Crippen LogP) is 2.00. The number of guanidine groups is 1. The number of carbonyl (C=O) groups excluding carboxylic acids is 1. The maximum Gasteiger partial charge on any atom is 0.328 e. The van der Waals surface area contributed by atoms with Gasteiger partial charge in [0.05, 0.1) is 28.4 Å². The van der Waals surface area contributed by atoms with Crippen molar-refractivity contribution in [3.63, 3.8) is 0 Å². The number of nitro groups is 1. The van der Waals surface area contributed by atoms with E-state index in [1.807, 2.05) is 12.2 Å². The monoisotopic (exact) mass is 517 g/mol. The molecule has 2 aromatic rings. The standard InChI is InChI=1S/C24H31N5O8/c1-33-18-10-9-15(7-8-16-13-20(34-2)22(36-4)21(14-16)35-3)12-19(18)37-23(30)17(25)6-5-11-27-24(26)28-29(31)32/h7-10,12-14,17H,5-6,11,25H2,1-4H3,(H3,26,27,28)/b8-7-/t17-/m0/s1. The van der Waals surface area contributed by atoms with Gasteiger partial charge in [0.25, 0.3) is 5.96 Å². The van der Waals surface area contributed by atoms with Crippen molar-refractivity contribution in [1.29, 1.82) is 0 Å². The van der Waals surface area contributed by atoms with E-state index in [2.05, 4.69) is 4.99 Å². The van der Waals surface area contributed by atoms with Gasteiger partial charge in [-0.05, 0) is 48.2 Å². The van der Waals surface area contributed by atoms with E-state index in [9.17, 15) is 14.9 Å². The Balaban J connectivity index is 2.10. The summed E-state index contributed by atoms with van der Waals surface area (Å²) in [4.78, 5) is 26.6. The number of nitrogens with one attached hydrogen (secondary N) is 1. The number of carbonyl (C=O) groups is 1. The van der Waals surface area contributed by atoms with Crippen LogP contribution in [0.5, 0.6) is 28.7 Å². The summed E-state index contributed by atoms with van der Waals surface area (Å²) >= 11 is 0. The van der Waals surface area contributed by atoms with Crippen LogP contribution < -0.4 is 40.6 Å². The van der Waals surface area contributed by atoms with Crippen molar-refractivity contribution in [2.45, 2.75) is 18.9 Å². The third kappa shape index (κ3) is 8.58. The van der Waals surface area contributed by atoms with Gasteiger partial charge in [-0.1, -0.05) is 23.6 Å². The molecule has 0 saturated carbocycles. The van der Waals surface area contributed by atoms with Crippen LogP contribution in [0.4, 0.5) is 0 Å². The molecular weight excluding hydrogens is 486 g/mol. The Morgan fingerprint density at radius 1 is 1.00 bits per heavy atom. The van der Waals surface area contributed by atoms with Crippen LogP contribution in [0.2, 0.25) is 0 Å². The first-order valence-electron chi connectivity index (χ1n) is 11.1. The van der Waals surface area contributed by atoms with E-state index in [4.69, 9.17) is 35.2 Å². The van der Waals surface area contributed by atoms with Crippen LogP contribution in [0.15, 0.2) is 35.3 Å². The van der Waals surface area contributed by atoms with Gasteiger partial charge in [0.1, 0.15) is 6.04 Å². The number of esters is 1. The molecule has 13 heteroatoms. The number of ether oxygens (including phenoxy) is 5. The molecular formula is C24H31N5O8. The summed E-state index contributed by atoms with van der Waals surface area (Å²) in [6.45, 7) is 0.151. The Morgan fingerprint density at radius 2 is 1.59 bits per heavy atom. The first-order chi connectivity index (χ1) is 17.7. The minimum Gasteiger partial charge on any atom is -0.493 e. The zero-order chi connectivity index (χ0) is 27.4. The Morgan fingerprint density at radius 3 is 2.16 bits per heavy atom. The van der Waals surface area contributed by atoms with Crippen molar-refractivity contribution in [2.75, 3.05) is 35.0 Å². The number of nitrogens with two attached hydrogens (primary N) is 2. The van der Waals surface area contributed by atoms with Crippen molar-refractivity contribution >= 4 is 24.1 Å². The smallest absolute Gasteiger partial charge is 0.328 e. The topological polar surface area (TPSA) is 183 Å². The average Bonchev–Trinajstić information content (AvgIpc) is 2.88. The minimum absolute atomic E-state index is 0.151. The van der Waals surface area contributed by atoms with Gasteiger partial charge >= 0.3 is 5.97 Å². The number of methoxy groups -OCH3 is 4. The molecule has 0 amide bonds. The second kappa shape index (κ2) is 14.1. The van der Waals surface area contributed by atoms with Gasteiger partial charge in [0.2, 0.25) is 5.75 Å². The van der Waals surface area contributed by atoms with Crippen LogP contribution in [-0.4, -0.2) is 58.0 Å². The molecule has 1 atom stereocenters. The molecule has 0 spiro atoms. The minimum atomic E-state index is -0.942. The summed E-state index contributed by atoms with van der Waals surface area (Å²) in [5, 5.41) is 9.49. The lowest BCUT2D eigenvalue weighted by Gasteiger charge is -2.14. The van der Waals surface area contributed by atoms with Crippen molar-refractivity contribution in [1.82, 2.24) is 5.43 Å². The lowest BCUT2D eigenvalue weighted by Crippen LogP contribution is -2.36. The number of hydrogen-bond acceptors (Lipinski definition) is 10. The first kappa shape index (κ1) is 28.7. The highest BCUT2D eigenvalue weighted by Crippen LogP contribution is 2.38. The molecule has 37 heavy (non-hydrogen) atoms. The highest BCUT2D eigenvalue weighted by molar-refractivity contribution is 5.80. The highest BCUT2D eigenvalue weighted by Gasteiger charge is 2.18. The van der Waals surface area contributed by atoms with Gasteiger partial charge in [0.15, 0.2) is 28.0 Å². The van der Waals surface area contributed by atoms with Crippen molar-refractivity contribution < 1.29 is 33.5 Å². The second-order valence-electron chi connectivity index (χ2n) is 7.51. The summed E-state index contributed by atoms with van der Waals surface area (Å²) in [6, 6.07) is 7.77. The number of rotatable bonds is 13. The van der Waals surface area contributed by atoms with E-state index in [-0.39, 0.29) is 24.7 Å². The van der Waals surface area contributed by atoms with E-state index >= 15 is 0 Å². The first-order valence-corrected chi connectivity index (χ1v) is 11.1. The number of hydrogen-bond donors (Lipinski definition) is 3. The van der Waals surface area contributed by atoms with Crippen molar-refractivity contribution in [3.8, 4) is 28.7 Å². The summed E-state index contributed by atoms with van der Waals surface area (Å²) in [5.41, 5.74) is 14.5. The van der Waals surface area contributed by atoms with Crippen molar-refractivity contribution in [2.24, 2.45) is 16.5 Å². The van der Waals surface area contributed by atoms with E-state index in [0.29, 0.717) is 29.4 Å². The molecule has 5 N–H and O–H groups in total. The molecule has 2 aromatic carbocycles. The maximum absolute atomic E-state index is 12.5. The van der Waals surface area contributed by atoms with Gasteiger partial charge in [0, 0.05) is 6.54 Å². The molecule has 0 unspecified atom stereocenters. The van der Waals surface area contributed by atoms with Gasteiger partial charge < -0.3 is 35.2 Å². The molecule has 0 aromatic heterocycles. The zero-order valence-electron chi connectivity index (χ0n) is 21.1. The van der Waals surface area contributed by atoms with Gasteiger partial charge in [-0.15, -0.1) is 0 Å². The molecule has 0 aliphatic heterocycles. The fourth-order valence-corrected chi connectivity index (χ4v) is 3.21. The van der Waals surface area contributed by atoms with E-state index < -0.39 is 17.0 Å². The second-order valence-corrected chi connectivity index (χ2v) is 7.51. The molecule has 0 saturated heterocycles. The lowest BCUT2D eigenvalue weighted by molar-refractivity contribution is -0.525. The summed E-state index contributed by atoms with van der Waals surface area (Å²) in [7, 11) is 6.06. The summed E-state index contributed by atoms with van der Waals surface area (Å²) in [6.07, 6.45) is 4.25. The Hall–Kier alpha value is -4.52. The van der Waals surface area contributed by atoms with Crippen LogP contribution in [0.1, 0.15) is 24.0 Å². The van der Waals surface area contributed by atoms with Crippen LogP contribution in [0.3, 0.4) is 0 Å². The lowest BCUT2D eigenvalue weighted by atomic mass is 10.1. The van der Waals surface area contributed by atoms with Crippen LogP contribution in [-0.2, 0) is 4.79 Å². The molecule has 0 aliphatic carbocycles. The molecule has 13 nitrogen and oxygen atoms in total. The van der Waals surface area contributed by atoms with Crippen LogP contribution in [0.25, 0.3) is 12.2 Å². The predicted molar refractivity (Wildman–Crippen MR) is 137 cm³/mol. The van der Waals surface area contributed by atoms with E-state index in [1.54, 1.807) is 35.8 Å². The number of benzene rings is 2. The molecule has 0 fully saturated rings. The maximum atomic E-state index is 12.5. The molecule has 2 rings (SSSR count). The van der Waals surface area contributed by atoms with E-state index in [1.165, 1.54) is 28.4 Å². The van der Waals surface area contributed by atoms with E-state index in [0.717, 1.165) is 11.1 Å². The van der Waals surface area contributed by atoms with Crippen LogP contribution in [0, 0.1) is 10.1 Å². The van der Waals surface area contributed by atoms with Gasteiger partial charge in [-0.25, -0.2) is 19.9 Å². The molecule has 200 valence electrons. The Bertz CT molecular complexity index is 1130. The third-order valence-corrected chi connectivity index (χ3v) is 5.02. The fourth-order valence-electron chi connectivity index (χ4n) is 3.21. The largest absolute Gasteiger partial charge is 0.493 e. The van der Waals surface area contributed by atoms with Crippen molar-refractivity contribution in [3.05, 3.63) is 51.6 Å². The van der Waals surface area contributed by atoms with Crippen LogP contribution >= 0.6 is 0 Å². The normalized spacial score (nSPS) is 12.1. The molecule has 0 radical (unpaired) electrons. The Labute approximate surface area is 214 Å². The third-order valence-electron chi connectivity index (χ3n) is 5.02. The Kier molecular flexibility index (Phi) is 11.0. The number of nitrogens with zero attached hydrogens (tertiary/aromatic N) is 2. The molecule has 0 heterocycles. The number of hydrazine groups is 1. The average molecular weight is 518 g/mol. The zero-order valence-corrected chi connectivity index (χ0v) is 21.1. The molecule has 0 aliphatic rings. The van der Waals surface area contributed by atoms with Gasteiger partial charge in [-0.3, -0.25) is 0 Å². The fraction of sp³-hybridized carbons (Fsp3) is 0.333. The SMILES string of the molecule is COc1ccc(/C=C\c2cc(OC)c(OC)c(OC)c2)cc1OC(=O)[C@@H](N)CCCN=C(N)N[N+](=O)[O-]. The summed E-state index contributed by atoms with van der Waals surface area (Å²) < 4.78 is 26.9. The number of aliphatic imine (C=N–C) groups is 1. The quantitative estimate of drug-likeness (QED) is 0.0516. The summed E-state index contributed by atoms with van der Waals surface area (Å²) in [5.74, 6) is 1.08. The highest BCUT2D eigenvalue weighted by atomic mass is 16.7. The molecule has 0 bridgehead atoms. The van der Waals surface area contributed by atoms with Gasteiger partial charge in [-0.2, -0.15) is 0 Å².